The quantitative estimate of drug-likeness (QED) is 0.767. The van der Waals surface area contributed by atoms with Crippen molar-refractivity contribution in [3.05, 3.63) is 66.8 Å². The summed E-state index contributed by atoms with van der Waals surface area (Å²) in [5.41, 5.74) is 2.47. The highest BCUT2D eigenvalue weighted by Gasteiger charge is 2.33. The third-order valence-corrected chi connectivity index (χ3v) is 4.13. The van der Waals surface area contributed by atoms with Crippen molar-refractivity contribution in [2.45, 2.75) is 26.2 Å². The van der Waals surface area contributed by atoms with Gasteiger partial charge in [-0.05, 0) is 37.0 Å². The fourth-order valence-electron chi connectivity index (χ4n) is 2.83. The third kappa shape index (κ3) is 2.81. The standard InChI is InChI=1S/C18H22O/c1-5-18(4)11-10-16(13(2)3)17(12-18)14-6-8-15(19)9-7-14/h5-11,16-17,19H,1-2,12H2,3-4H3/t16-,17-,18-/m1/s1. The summed E-state index contributed by atoms with van der Waals surface area (Å²) in [5.74, 6) is 1.07. The van der Waals surface area contributed by atoms with Crippen molar-refractivity contribution in [3.8, 4) is 5.75 Å². The number of benzene rings is 1. The molecule has 0 amide bonds. The smallest absolute Gasteiger partial charge is 0.115 e. The Bertz CT molecular complexity index is 509. The van der Waals surface area contributed by atoms with Crippen molar-refractivity contribution in [3.63, 3.8) is 0 Å². The van der Waals surface area contributed by atoms with Gasteiger partial charge in [0.2, 0.25) is 0 Å². The van der Waals surface area contributed by atoms with E-state index in [1.807, 2.05) is 18.2 Å². The molecule has 1 heteroatoms. The second-order valence-corrected chi connectivity index (χ2v) is 5.84. The minimum atomic E-state index is 0.0362. The molecule has 1 aromatic rings. The van der Waals surface area contributed by atoms with Gasteiger partial charge < -0.3 is 5.11 Å². The zero-order chi connectivity index (χ0) is 14.0. The van der Waals surface area contributed by atoms with Crippen LogP contribution >= 0.6 is 0 Å². The molecule has 0 saturated heterocycles. The lowest BCUT2D eigenvalue weighted by Crippen LogP contribution is -2.25. The Balaban J connectivity index is 2.39. The van der Waals surface area contributed by atoms with Crippen LogP contribution in [-0.4, -0.2) is 5.11 Å². The molecule has 100 valence electrons. The van der Waals surface area contributed by atoms with Crippen molar-refractivity contribution in [1.82, 2.24) is 0 Å². The Labute approximate surface area is 116 Å². The van der Waals surface area contributed by atoms with Crippen molar-refractivity contribution in [2.75, 3.05) is 0 Å². The molecule has 1 aliphatic rings. The summed E-state index contributed by atoms with van der Waals surface area (Å²) in [6.45, 7) is 12.4. The first-order valence-electron chi connectivity index (χ1n) is 6.72. The first-order valence-corrected chi connectivity index (χ1v) is 6.72. The Morgan fingerprint density at radius 2 is 2.00 bits per heavy atom. The molecule has 0 fully saturated rings. The fraction of sp³-hybridized carbons (Fsp3) is 0.333. The monoisotopic (exact) mass is 254 g/mol. The number of allylic oxidation sites excluding steroid dienone is 4. The Hall–Kier alpha value is -1.76. The van der Waals surface area contributed by atoms with Gasteiger partial charge in [-0.3, -0.25) is 0 Å². The van der Waals surface area contributed by atoms with Gasteiger partial charge in [-0.1, -0.05) is 49.4 Å². The molecule has 0 unspecified atom stereocenters. The first-order chi connectivity index (χ1) is 8.95. The number of aromatic hydroxyl groups is 1. The largest absolute Gasteiger partial charge is 0.508 e. The van der Waals surface area contributed by atoms with Crippen LogP contribution in [0.3, 0.4) is 0 Å². The molecule has 0 spiro atoms. The van der Waals surface area contributed by atoms with Crippen LogP contribution in [0, 0.1) is 11.3 Å². The van der Waals surface area contributed by atoms with Crippen LogP contribution in [0.5, 0.6) is 5.75 Å². The molecule has 1 N–H and O–H groups in total. The molecule has 1 aromatic carbocycles. The number of phenols is 1. The molecule has 0 aromatic heterocycles. The van der Waals surface area contributed by atoms with Crippen LogP contribution < -0.4 is 0 Å². The number of phenolic OH excluding ortho intramolecular Hbond substituents is 1. The van der Waals surface area contributed by atoms with Gasteiger partial charge in [-0.25, -0.2) is 0 Å². The third-order valence-electron chi connectivity index (χ3n) is 4.13. The Morgan fingerprint density at radius 3 is 2.53 bits per heavy atom. The minimum absolute atomic E-state index is 0.0362. The minimum Gasteiger partial charge on any atom is -0.508 e. The van der Waals surface area contributed by atoms with E-state index in [4.69, 9.17) is 0 Å². The van der Waals surface area contributed by atoms with E-state index in [-0.39, 0.29) is 5.41 Å². The molecule has 2 rings (SSSR count). The molecule has 3 atom stereocenters. The summed E-state index contributed by atoms with van der Waals surface area (Å²) in [6.07, 6.45) is 7.54. The molecule has 0 radical (unpaired) electrons. The topological polar surface area (TPSA) is 20.2 Å². The highest BCUT2D eigenvalue weighted by Crippen LogP contribution is 2.45. The van der Waals surface area contributed by atoms with Crippen LogP contribution in [0.1, 0.15) is 31.7 Å². The average Bonchev–Trinajstić information content (AvgIpc) is 2.39. The molecule has 0 heterocycles. The van der Waals surface area contributed by atoms with Gasteiger partial charge in [-0.2, -0.15) is 0 Å². The van der Waals surface area contributed by atoms with Gasteiger partial charge >= 0.3 is 0 Å². The summed E-state index contributed by atoms with van der Waals surface area (Å²) in [4.78, 5) is 0. The number of hydrogen-bond acceptors (Lipinski definition) is 1. The molecule has 1 aliphatic carbocycles. The van der Waals surface area contributed by atoms with Gasteiger partial charge in [0, 0.05) is 11.3 Å². The molecule has 0 saturated carbocycles. The molecule has 19 heavy (non-hydrogen) atoms. The molecular formula is C18H22O. The lowest BCUT2D eigenvalue weighted by atomic mass is 9.67. The van der Waals surface area contributed by atoms with E-state index in [9.17, 15) is 5.11 Å². The lowest BCUT2D eigenvalue weighted by molar-refractivity contribution is 0.371. The normalized spacial score (nSPS) is 30.0. The molecule has 0 aliphatic heterocycles. The van der Waals surface area contributed by atoms with Gasteiger partial charge in [0.25, 0.3) is 0 Å². The second kappa shape index (κ2) is 5.08. The predicted octanol–water partition coefficient (Wildman–Crippen LogP) is 4.82. The maximum Gasteiger partial charge on any atom is 0.115 e. The summed E-state index contributed by atoms with van der Waals surface area (Å²) in [7, 11) is 0. The highest BCUT2D eigenvalue weighted by atomic mass is 16.3. The van der Waals surface area contributed by atoms with E-state index in [1.54, 1.807) is 12.1 Å². The maximum absolute atomic E-state index is 9.43. The number of hydrogen-bond donors (Lipinski definition) is 1. The summed E-state index contributed by atoms with van der Waals surface area (Å²) >= 11 is 0. The molecular weight excluding hydrogens is 232 g/mol. The SMILES string of the molecule is C=C[C@]1(C)C=C[C@H](C(=C)C)[C@@H](c2ccc(O)cc2)C1. The summed E-state index contributed by atoms with van der Waals surface area (Å²) < 4.78 is 0. The molecule has 0 bridgehead atoms. The zero-order valence-electron chi connectivity index (χ0n) is 11.8. The lowest BCUT2D eigenvalue weighted by Gasteiger charge is -2.37. The summed E-state index contributed by atoms with van der Waals surface area (Å²) in [5, 5.41) is 9.43. The first kappa shape index (κ1) is 13.7. The second-order valence-electron chi connectivity index (χ2n) is 5.84. The number of rotatable bonds is 3. The highest BCUT2D eigenvalue weighted by molar-refractivity contribution is 5.34. The van der Waals surface area contributed by atoms with Gasteiger partial charge in [0.15, 0.2) is 0 Å². The summed E-state index contributed by atoms with van der Waals surface area (Å²) in [6, 6.07) is 7.54. The van der Waals surface area contributed by atoms with Crippen molar-refractivity contribution in [2.24, 2.45) is 11.3 Å². The van der Waals surface area contributed by atoms with E-state index in [2.05, 4.69) is 39.2 Å². The van der Waals surface area contributed by atoms with E-state index in [1.165, 1.54) is 11.1 Å². The molecule has 1 nitrogen and oxygen atoms in total. The zero-order valence-corrected chi connectivity index (χ0v) is 11.8. The fourth-order valence-corrected chi connectivity index (χ4v) is 2.83. The van der Waals surface area contributed by atoms with E-state index in [0.717, 1.165) is 6.42 Å². The predicted molar refractivity (Wildman–Crippen MR) is 81.2 cm³/mol. The van der Waals surface area contributed by atoms with E-state index >= 15 is 0 Å². The Morgan fingerprint density at radius 1 is 1.37 bits per heavy atom. The van der Waals surface area contributed by atoms with Crippen LogP contribution in [0.15, 0.2) is 61.2 Å². The van der Waals surface area contributed by atoms with Gasteiger partial charge in [0.1, 0.15) is 5.75 Å². The van der Waals surface area contributed by atoms with Crippen molar-refractivity contribution >= 4 is 0 Å². The van der Waals surface area contributed by atoms with Crippen molar-refractivity contribution in [1.29, 1.82) is 0 Å². The van der Waals surface area contributed by atoms with Gasteiger partial charge in [-0.15, -0.1) is 6.58 Å². The Kier molecular flexibility index (Phi) is 3.66. The van der Waals surface area contributed by atoms with Crippen molar-refractivity contribution < 1.29 is 5.11 Å². The average molecular weight is 254 g/mol. The van der Waals surface area contributed by atoms with Crippen LogP contribution in [0.2, 0.25) is 0 Å². The van der Waals surface area contributed by atoms with Crippen LogP contribution in [0.25, 0.3) is 0 Å². The van der Waals surface area contributed by atoms with Crippen LogP contribution in [-0.2, 0) is 0 Å². The van der Waals surface area contributed by atoms with Gasteiger partial charge in [0.05, 0.1) is 0 Å². The maximum atomic E-state index is 9.43. The van der Waals surface area contributed by atoms with Crippen LogP contribution in [0.4, 0.5) is 0 Å². The van der Waals surface area contributed by atoms with E-state index < -0.39 is 0 Å². The van der Waals surface area contributed by atoms with E-state index in [0.29, 0.717) is 17.6 Å².